The predicted molar refractivity (Wildman–Crippen MR) is 108 cm³/mol. The van der Waals surface area contributed by atoms with E-state index in [1.165, 1.54) is 17.7 Å². The van der Waals surface area contributed by atoms with Crippen LogP contribution in [0.2, 0.25) is 0 Å². The molecule has 30 heavy (non-hydrogen) atoms. The number of rotatable bonds is 4. The van der Waals surface area contributed by atoms with Crippen LogP contribution in [0.25, 0.3) is 10.9 Å². The molecule has 0 radical (unpaired) electrons. The summed E-state index contributed by atoms with van der Waals surface area (Å²) >= 11 is 0. The summed E-state index contributed by atoms with van der Waals surface area (Å²) in [5, 5.41) is 13.7. The van der Waals surface area contributed by atoms with Crippen LogP contribution in [0.4, 0.5) is 0 Å². The minimum absolute atomic E-state index is 0.0910. The highest BCUT2D eigenvalue weighted by molar-refractivity contribution is 5.83. The van der Waals surface area contributed by atoms with Gasteiger partial charge < -0.3 is 19.4 Å². The Labute approximate surface area is 173 Å². The molecule has 2 aliphatic heterocycles. The highest BCUT2D eigenvalue weighted by Crippen LogP contribution is 2.36. The van der Waals surface area contributed by atoms with Crippen LogP contribution in [0.3, 0.4) is 0 Å². The maximum Gasteiger partial charge on any atom is 0.258 e. The smallest absolute Gasteiger partial charge is 0.258 e. The monoisotopic (exact) mass is 409 g/mol. The maximum atomic E-state index is 13.2. The Balaban J connectivity index is 1.50. The van der Waals surface area contributed by atoms with E-state index in [1.807, 2.05) is 22.9 Å². The Hall–Kier alpha value is -2.94. The SMILES string of the molecule is O=c1[nH]c2cc3c(cc2cc1[C@H](c1nnnn1C1CCCC1)[NH+]1CCCC1)OCO3. The number of fused-ring (bicyclic) bond motifs is 2. The minimum atomic E-state index is -0.179. The first-order chi connectivity index (χ1) is 14.8. The average Bonchev–Trinajstić information content (AvgIpc) is 3.54. The third-order valence-electron chi connectivity index (χ3n) is 6.78. The zero-order chi connectivity index (χ0) is 20.1. The van der Waals surface area contributed by atoms with Crippen molar-refractivity contribution >= 4 is 10.9 Å². The van der Waals surface area contributed by atoms with Crippen LogP contribution < -0.4 is 19.9 Å². The summed E-state index contributed by atoms with van der Waals surface area (Å²) in [5.74, 6) is 2.18. The van der Waals surface area contributed by atoms with Crippen LogP contribution in [-0.2, 0) is 0 Å². The molecule has 0 unspecified atom stereocenters. The van der Waals surface area contributed by atoms with E-state index in [0.717, 1.165) is 55.5 Å². The second-order valence-corrected chi connectivity index (χ2v) is 8.56. The molecule has 6 rings (SSSR count). The van der Waals surface area contributed by atoms with E-state index in [2.05, 4.69) is 20.5 Å². The molecular weight excluding hydrogens is 384 g/mol. The fraction of sp³-hybridized carbons (Fsp3) is 0.524. The molecule has 2 N–H and O–H groups in total. The van der Waals surface area contributed by atoms with Crippen LogP contribution >= 0.6 is 0 Å². The Morgan fingerprint density at radius 2 is 1.83 bits per heavy atom. The van der Waals surface area contributed by atoms with Crippen LogP contribution in [0.15, 0.2) is 23.0 Å². The topological polar surface area (TPSA) is 99.4 Å². The molecule has 1 aromatic carbocycles. The number of aromatic nitrogens is 5. The zero-order valence-corrected chi connectivity index (χ0v) is 16.8. The largest absolute Gasteiger partial charge is 0.454 e. The summed E-state index contributed by atoms with van der Waals surface area (Å²) in [5.41, 5.74) is 1.37. The highest BCUT2D eigenvalue weighted by atomic mass is 16.7. The van der Waals surface area contributed by atoms with E-state index in [4.69, 9.17) is 9.47 Å². The van der Waals surface area contributed by atoms with Crippen molar-refractivity contribution < 1.29 is 14.4 Å². The molecule has 9 heteroatoms. The van der Waals surface area contributed by atoms with Crippen molar-refractivity contribution in [3.05, 3.63) is 39.9 Å². The van der Waals surface area contributed by atoms with Gasteiger partial charge in [0.05, 0.1) is 30.2 Å². The molecule has 1 saturated carbocycles. The maximum absolute atomic E-state index is 13.2. The lowest BCUT2D eigenvalue weighted by atomic mass is 10.0. The number of nitrogens with zero attached hydrogens (tertiary/aromatic N) is 4. The van der Waals surface area contributed by atoms with Gasteiger partial charge in [0.15, 0.2) is 17.5 Å². The molecular formula is C21H25N6O3+. The quantitative estimate of drug-likeness (QED) is 0.670. The third kappa shape index (κ3) is 2.87. The minimum Gasteiger partial charge on any atom is -0.454 e. The van der Waals surface area contributed by atoms with Gasteiger partial charge in [0.1, 0.15) is 0 Å². The zero-order valence-electron chi connectivity index (χ0n) is 16.8. The van der Waals surface area contributed by atoms with Gasteiger partial charge in [-0.3, -0.25) is 4.79 Å². The number of tetrazole rings is 1. The molecule has 1 atom stereocenters. The summed E-state index contributed by atoms with van der Waals surface area (Å²) in [6, 6.07) is 5.91. The van der Waals surface area contributed by atoms with E-state index >= 15 is 0 Å². The number of pyridine rings is 1. The standard InChI is InChI=1S/C21H24N6O3/c28-21-15(9-13-10-17-18(30-12-29-17)11-16(13)22-21)19(26-7-3-4-8-26)20-23-24-25-27(20)14-5-1-2-6-14/h9-11,14,19H,1-8,12H2,(H,22,28)/p+1/t19-/m1/s1. The van der Waals surface area contributed by atoms with Gasteiger partial charge in [-0.25, -0.2) is 4.68 Å². The Morgan fingerprint density at radius 3 is 2.63 bits per heavy atom. The number of benzene rings is 1. The molecule has 1 saturated heterocycles. The Bertz CT molecular complexity index is 1140. The van der Waals surface area contributed by atoms with Crippen molar-refractivity contribution in [1.29, 1.82) is 0 Å². The molecule has 1 aliphatic carbocycles. The fourth-order valence-electron chi connectivity index (χ4n) is 5.29. The highest BCUT2D eigenvalue weighted by Gasteiger charge is 2.37. The molecule has 4 heterocycles. The first-order valence-corrected chi connectivity index (χ1v) is 10.9. The van der Waals surface area contributed by atoms with Crippen molar-refractivity contribution in [2.24, 2.45) is 0 Å². The number of hydrogen-bond acceptors (Lipinski definition) is 6. The molecule has 0 spiro atoms. The molecule has 0 bridgehead atoms. The average molecular weight is 409 g/mol. The van der Waals surface area contributed by atoms with Gasteiger partial charge in [0.2, 0.25) is 12.6 Å². The molecule has 2 fully saturated rings. The van der Waals surface area contributed by atoms with Crippen molar-refractivity contribution in [1.82, 2.24) is 25.2 Å². The van der Waals surface area contributed by atoms with E-state index in [0.29, 0.717) is 23.1 Å². The first kappa shape index (κ1) is 17.9. The summed E-state index contributed by atoms with van der Waals surface area (Å²) in [6.07, 6.45) is 6.90. The van der Waals surface area contributed by atoms with E-state index < -0.39 is 0 Å². The lowest BCUT2D eigenvalue weighted by Crippen LogP contribution is -3.10. The second kappa shape index (κ2) is 7.09. The number of H-pyrrole nitrogens is 1. The van der Waals surface area contributed by atoms with Crippen LogP contribution in [0, 0.1) is 0 Å². The van der Waals surface area contributed by atoms with E-state index in [9.17, 15) is 4.79 Å². The molecule has 2 aromatic heterocycles. The van der Waals surface area contributed by atoms with Gasteiger partial charge in [-0.15, -0.1) is 5.10 Å². The van der Waals surface area contributed by atoms with Gasteiger partial charge >= 0.3 is 0 Å². The van der Waals surface area contributed by atoms with Crippen LogP contribution in [-0.4, -0.2) is 45.1 Å². The van der Waals surface area contributed by atoms with E-state index in [1.54, 1.807) is 0 Å². The van der Waals surface area contributed by atoms with Gasteiger partial charge in [-0.05, 0) is 35.4 Å². The van der Waals surface area contributed by atoms with Crippen molar-refractivity contribution in [3.63, 3.8) is 0 Å². The lowest BCUT2D eigenvalue weighted by Gasteiger charge is -2.25. The molecule has 0 amide bonds. The lowest BCUT2D eigenvalue weighted by molar-refractivity contribution is -0.914. The second-order valence-electron chi connectivity index (χ2n) is 8.56. The first-order valence-electron chi connectivity index (χ1n) is 10.9. The number of quaternary nitrogens is 1. The Kier molecular flexibility index (Phi) is 4.22. The predicted octanol–water partition coefficient (Wildman–Crippen LogP) is 1.13. The number of ether oxygens (including phenoxy) is 2. The number of aromatic amines is 1. The van der Waals surface area contributed by atoms with Crippen molar-refractivity contribution in [3.8, 4) is 11.5 Å². The van der Waals surface area contributed by atoms with Crippen molar-refractivity contribution in [2.75, 3.05) is 19.9 Å². The number of nitrogens with one attached hydrogen (secondary N) is 2. The number of hydrogen-bond donors (Lipinski definition) is 2. The van der Waals surface area contributed by atoms with Gasteiger partial charge in [-0.1, -0.05) is 12.8 Å². The summed E-state index contributed by atoms with van der Waals surface area (Å²) in [6.45, 7) is 2.24. The van der Waals surface area contributed by atoms with Gasteiger partial charge in [-0.2, -0.15) is 0 Å². The Morgan fingerprint density at radius 1 is 1.07 bits per heavy atom. The van der Waals surface area contributed by atoms with E-state index in [-0.39, 0.29) is 18.4 Å². The van der Waals surface area contributed by atoms with Crippen LogP contribution in [0.1, 0.15) is 62.0 Å². The number of likely N-dealkylation sites (tertiary alicyclic amines) is 1. The molecule has 3 aliphatic rings. The van der Waals surface area contributed by atoms with Gasteiger partial charge in [0, 0.05) is 24.3 Å². The third-order valence-corrected chi connectivity index (χ3v) is 6.78. The van der Waals surface area contributed by atoms with Crippen LogP contribution in [0.5, 0.6) is 11.5 Å². The van der Waals surface area contributed by atoms with Crippen molar-refractivity contribution in [2.45, 2.75) is 50.6 Å². The summed E-state index contributed by atoms with van der Waals surface area (Å²) < 4.78 is 13.0. The van der Waals surface area contributed by atoms with Gasteiger partial charge in [0.25, 0.3) is 5.56 Å². The summed E-state index contributed by atoms with van der Waals surface area (Å²) in [4.78, 5) is 17.7. The fourth-order valence-corrected chi connectivity index (χ4v) is 5.29. The molecule has 3 aromatic rings. The molecule has 9 nitrogen and oxygen atoms in total. The summed E-state index contributed by atoms with van der Waals surface area (Å²) in [7, 11) is 0. The molecule has 156 valence electrons. The normalized spacial score (nSPS) is 20.4.